The number of aromatic nitrogens is 1. The van der Waals surface area contributed by atoms with E-state index in [0.717, 1.165) is 40.8 Å². The van der Waals surface area contributed by atoms with Crippen molar-refractivity contribution in [2.75, 3.05) is 18.0 Å². The molecular formula is C22H26N4O. The molecule has 0 unspecified atom stereocenters. The Morgan fingerprint density at radius 2 is 1.81 bits per heavy atom. The van der Waals surface area contributed by atoms with Crippen LogP contribution in [0.3, 0.4) is 0 Å². The minimum Gasteiger partial charge on any atom is -0.372 e. The number of aromatic amines is 1. The second kappa shape index (κ2) is 8.54. The summed E-state index contributed by atoms with van der Waals surface area (Å²) in [6.07, 6.45) is 1.97. The van der Waals surface area contributed by atoms with Crippen LogP contribution in [0.4, 0.5) is 5.69 Å². The third-order valence-corrected chi connectivity index (χ3v) is 4.79. The van der Waals surface area contributed by atoms with Crippen molar-refractivity contribution in [2.24, 2.45) is 5.10 Å². The Hall–Kier alpha value is -3.08. The van der Waals surface area contributed by atoms with Gasteiger partial charge in [-0.3, -0.25) is 4.79 Å². The van der Waals surface area contributed by atoms with Crippen molar-refractivity contribution >= 4 is 28.7 Å². The summed E-state index contributed by atoms with van der Waals surface area (Å²) in [5.41, 5.74) is 7.85. The average Bonchev–Trinajstić information content (AvgIpc) is 2.99. The maximum Gasteiger partial charge on any atom is 0.244 e. The highest BCUT2D eigenvalue weighted by molar-refractivity contribution is 5.90. The van der Waals surface area contributed by atoms with Gasteiger partial charge in [0.05, 0.1) is 12.6 Å². The zero-order valence-electron chi connectivity index (χ0n) is 16.1. The van der Waals surface area contributed by atoms with Gasteiger partial charge in [0.15, 0.2) is 0 Å². The first-order valence-corrected chi connectivity index (χ1v) is 9.35. The number of H-pyrrole nitrogens is 1. The minimum atomic E-state index is -0.126. The number of benzene rings is 2. The van der Waals surface area contributed by atoms with Crippen molar-refractivity contribution in [2.45, 2.75) is 27.2 Å². The predicted octanol–water partition coefficient (Wildman–Crippen LogP) is 4.02. The van der Waals surface area contributed by atoms with Gasteiger partial charge in [-0.25, -0.2) is 5.43 Å². The lowest BCUT2D eigenvalue weighted by atomic mass is 10.1. The summed E-state index contributed by atoms with van der Waals surface area (Å²) in [5, 5.41) is 5.18. The monoisotopic (exact) mass is 362 g/mol. The third kappa shape index (κ3) is 4.37. The SMILES string of the molecule is CCN(CC)c1ccc(/C=N\NC(=O)Cc2c(C)[nH]c3ccccc23)cc1. The van der Waals surface area contributed by atoms with Crippen LogP contribution in [-0.2, 0) is 11.2 Å². The van der Waals surface area contributed by atoms with E-state index in [-0.39, 0.29) is 5.91 Å². The van der Waals surface area contributed by atoms with Gasteiger partial charge in [0.2, 0.25) is 5.91 Å². The highest BCUT2D eigenvalue weighted by Gasteiger charge is 2.11. The number of para-hydroxylation sites is 1. The van der Waals surface area contributed by atoms with Crippen molar-refractivity contribution in [3.8, 4) is 0 Å². The number of nitrogens with zero attached hydrogens (tertiary/aromatic N) is 2. The van der Waals surface area contributed by atoms with Gasteiger partial charge in [-0.1, -0.05) is 30.3 Å². The summed E-state index contributed by atoms with van der Waals surface area (Å²) >= 11 is 0. The smallest absolute Gasteiger partial charge is 0.244 e. The number of hydrogen-bond acceptors (Lipinski definition) is 3. The number of amides is 1. The molecule has 5 heteroatoms. The van der Waals surface area contributed by atoms with E-state index < -0.39 is 0 Å². The fraction of sp³-hybridized carbons (Fsp3) is 0.273. The fourth-order valence-electron chi connectivity index (χ4n) is 3.30. The maximum atomic E-state index is 12.3. The van der Waals surface area contributed by atoms with Gasteiger partial charge < -0.3 is 9.88 Å². The van der Waals surface area contributed by atoms with Gasteiger partial charge in [0.1, 0.15) is 0 Å². The van der Waals surface area contributed by atoms with E-state index in [4.69, 9.17) is 0 Å². The van der Waals surface area contributed by atoms with Crippen LogP contribution in [0, 0.1) is 6.92 Å². The Kier molecular flexibility index (Phi) is 5.91. The van der Waals surface area contributed by atoms with Crippen LogP contribution >= 0.6 is 0 Å². The molecule has 27 heavy (non-hydrogen) atoms. The molecule has 0 bridgehead atoms. The molecule has 5 nitrogen and oxygen atoms in total. The van der Waals surface area contributed by atoms with Crippen LogP contribution in [0.15, 0.2) is 53.6 Å². The molecule has 0 aliphatic rings. The van der Waals surface area contributed by atoms with Crippen molar-refractivity contribution in [3.63, 3.8) is 0 Å². The topological polar surface area (TPSA) is 60.5 Å². The lowest BCUT2D eigenvalue weighted by molar-refractivity contribution is -0.120. The molecule has 140 valence electrons. The Labute approximate surface area is 160 Å². The molecule has 1 heterocycles. The average molecular weight is 362 g/mol. The molecule has 1 aromatic heterocycles. The van der Waals surface area contributed by atoms with E-state index in [1.807, 2.05) is 43.3 Å². The number of nitrogens with one attached hydrogen (secondary N) is 2. The Morgan fingerprint density at radius 1 is 1.11 bits per heavy atom. The van der Waals surface area contributed by atoms with Crippen LogP contribution < -0.4 is 10.3 Å². The minimum absolute atomic E-state index is 0.126. The molecule has 3 aromatic rings. The Bertz CT molecular complexity index is 937. The van der Waals surface area contributed by atoms with E-state index in [1.165, 1.54) is 5.69 Å². The number of carbonyl (C=O) groups excluding carboxylic acids is 1. The standard InChI is InChI=1S/C22H26N4O/c1-4-26(5-2)18-12-10-17(11-13-18)15-23-25-22(27)14-20-16(3)24-21-9-7-6-8-19(20)21/h6-13,15,24H,4-5,14H2,1-3H3,(H,25,27)/b23-15-. The normalized spacial score (nSPS) is 11.2. The van der Waals surface area contributed by atoms with Gasteiger partial charge in [0.25, 0.3) is 0 Å². The van der Waals surface area contributed by atoms with Crippen molar-refractivity contribution in [1.82, 2.24) is 10.4 Å². The van der Waals surface area contributed by atoms with Gasteiger partial charge in [-0.05, 0) is 50.1 Å². The molecular weight excluding hydrogens is 336 g/mol. The summed E-state index contributed by atoms with van der Waals surface area (Å²) < 4.78 is 0. The van der Waals surface area contributed by atoms with Crippen LogP contribution in [0.2, 0.25) is 0 Å². The molecule has 0 spiro atoms. The zero-order chi connectivity index (χ0) is 19.2. The highest BCUT2D eigenvalue weighted by atomic mass is 16.2. The first-order valence-electron chi connectivity index (χ1n) is 9.35. The number of anilines is 1. The van der Waals surface area contributed by atoms with E-state index >= 15 is 0 Å². The molecule has 0 saturated heterocycles. The lowest BCUT2D eigenvalue weighted by Gasteiger charge is -2.20. The van der Waals surface area contributed by atoms with Crippen LogP contribution in [-0.4, -0.2) is 30.2 Å². The van der Waals surface area contributed by atoms with Crippen molar-refractivity contribution in [1.29, 1.82) is 0 Å². The molecule has 2 aromatic carbocycles. The van der Waals surface area contributed by atoms with Crippen LogP contribution in [0.1, 0.15) is 30.7 Å². The molecule has 0 atom stereocenters. The second-order valence-corrected chi connectivity index (χ2v) is 6.51. The zero-order valence-corrected chi connectivity index (χ0v) is 16.1. The summed E-state index contributed by atoms with van der Waals surface area (Å²) in [6, 6.07) is 16.2. The van der Waals surface area contributed by atoms with Crippen LogP contribution in [0.25, 0.3) is 10.9 Å². The number of hydrazone groups is 1. The molecule has 0 aliphatic carbocycles. The summed E-state index contributed by atoms with van der Waals surface area (Å²) in [4.78, 5) is 17.9. The summed E-state index contributed by atoms with van der Waals surface area (Å²) in [5.74, 6) is -0.126. The Balaban J connectivity index is 1.61. The first-order chi connectivity index (χ1) is 13.1. The molecule has 1 amide bonds. The number of rotatable bonds is 7. The first kappa shape index (κ1) is 18.7. The number of carbonyl (C=O) groups is 1. The van der Waals surface area contributed by atoms with E-state index in [2.05, 4.69) is 46.4 Å². The summed E-state index contributed by atoms with van der Waals surface area (Å²) in [6.45, 7) is 8.23. The van der Waals surface area contributed by atoms with Gasteiger partial charge >= 0.3 is 0 Å². The highest BCUT2D eigenvalue weighted by Crippen LogP contribution is 2.22. The van der Waals surface area contributed by atoms with Crippen molar-refractivity contribution in [3.05, 3.63) is 65.4 Å². The summed E-state index contributed by atoms with van der Waals surface area (Å²) in [7, 11) is 0. The molecule has 0 saturated carbocycles. The third-order valence-electron chi connectivity index (χ3n) is 4.79. The largest absolute Gasteiger partial charge is 0.372 e. The molecule has 2 N–H and O–H groups in total. The quantitative estimate of drug-likeness (QED) is 0.493. The number of fused-ring (bicyclic) bond motifs is 1. The van der Waals surface area contributed by atoms with Crippen molar-refractivity contribution < 1.29 is 4.79 Å². The van der Waals surface area contributed by atoms with E-state index in [9.17, 15) is 4.79 Å². The van der Waals surface area contributed by atoms with Gasteiger partial charge in [-0.15, -0.1) is 0 Å². The second-order valence-electron chi connectivity index (χ2n) is 6.51. The van der Waals surface area contributed by atoms with E-state index in [0.29, 0.717) is 6.42 Å². The molecule has 0 aliphatic heterocycles. The Morgan fingerprint density at radius 3 is 2.52 bits per heavy atom. The fourth-order valence-corrected chi connectivity index (χ4v) is 3.30. The van der Waals surface area contributed by atoms with E-state index in [1.54, 1.807) is 6.21 Å². The predicted molar refractivity (Wildman–Crippen MR) is 112 cm³/mol. The molecule has 3 rings (SSSR count). The number of aryl methyl sites for hydroxylation is 1. The van der Waals surface area contributed by atoms with Gasteiger partial charge in [0, 0.05) is 35.4 Å². The van der Waals surface area contributed by atoms with Crippen LogP contribution in [0.5, 0.6) is 0 Å². The lowest BCUT2D eigenvalue weighted by Crippen LogP contribution is -2.21. The molecule has 0 radical (unpaired) electrons. The number of hydrogen-bond donors (Lipinski definition) is 2. The molecule has 0 fully saturated rings. The van der Waals surface area contributed by atoms with Gasteiger partial charge in [-0.2, -0.15) is 5.10 Å². The maximum absolute atomic E-state index is 12.3.